The van der Waals surface area contributed by atoms with Crippen molar-refractivity contribution in [1.29, 1.82) is 0 Å². The van der Waals surface area contributed by atoms with E-state index in [0.717, 1.165) is 29.7 Å². The molecule has 2 aromatic rings. The highest BCUT2D eigenvalue weighted by atomic mass is 32.2. The molecule has 4 rings (SSSR count). The fraction of sp³-hybridized carbons (Fsp3) is 0.571. The highest BCUT2D eigenvalue weighted by Crippen LogP contribution is 2.43. The molecule has 0 saturated carbocycles. The van der Waals surface area contributed by atoms with Crippen LogP contribution in [0.15, 0.2) is 41.3 Å². The number of benzene rings is 2. The van der Waals surface area contributed by atoms with Gasteiger partial charge in [-0.15, -0.1) is 0 Å². The maximum Gasteiger partial charge on any atom is 0.296 e. The normalized spacial score (nSPS) is 25.9. The van der Waals surface area contributed by atoms with Crippen molar-refractivity contribution < 1.29 is 35.4 Å². The number of methoxy groups -OCH3 is 1. The second-order valence-corrected chi connectivity index (χ2v) is 11.5. The van der Waals surface area contributed by atoms with Crippen LogP contribution in [0.4, 0.5) is 0 Å². The number of aliphatic hydroxyl groups is 1. The minimum atomic E-state index is -4.79. The van der Waals surface area contributed by atoms with Crippen molar-refractivity contribution in [2.24, 2.45) is 11.8 Å². The van der Waals surface area contributed by atoms with Crippen molar-refractivity contribution in [3.05, 3.63) is 53.1 Å². The fourth-order valence-electron chi connectivity index (χ4n) is 5.11. The summed E-state index contributed by atoms with van der Waals surface area (Å²) in [5, 5.41) is 10.9. The van der Waals surface area contributed by atoms with Gasteiger partial charge >= 0.3 is 0 Å². The first kappa shape index (κ1) is 19.9. The molecule has 8 heteroatoms. The van der Waals surface area contributed by atoms with E-state index in [1.165, 1.54) is 31.4 Å². The highest BCUT2D eigenvalue weighted by Gasteiger charge is 2.38. The summed E-state index contributed by atoms with van der Waals surface area (Å²) in [4.78, 5) is 1.93. The van der Waals surface area contributed by atoms with Gasteiger partial charge in [-0.2, -0.15) is 8.42 Å². The third-order valence-electron chi connectivity index (χ3n) is 6.87. The first-order valence-corrected chi connectivity index (χ1v) is 13.6. The first-order chi connectivity index (χ1) is 19.4. The fourth-order valence-corrected chi connectivity index (χ4v) is 5.82. The van der Waals surface area contributed by atoms with Gasteiger partial charge in [0, 0.05) is 28.2 Å². The molecule has 0 radical (unpaired) electrons. The molecule has 0 amide bonds. The molecule has 2 aliphatic heterocycles. The van der Waals surface area contributed by atoms with E-state index >= 15 is 0 Å². The molecule has 0 unspecified atom stereocenters. The van der Waals surface area contributed by atoms with E-state index in [9.17, 15) is 13.5 Å². The van der Waals surface area contributed by atoms with Gasteiger partial charge < -0.3 is 14.6 Å². The van der Waals surface area contributed by atoms with Crippen molar-refractivity contribution in [3.63, 3.8) is 0 Å². The summed E-state index contributed by atoms with van der Waals surface area (Å²) in [6, 6.07) is 8.49. The van der Waals surface area contributed by atoms with Crippen LogP contribution >= 0.6 is 0 Å². The van der Waals surface area contributed by atoms with Crippen LogP contribution in [0.3, 0.4) is 0 Å². The minimum Gasteiger partial charge on any atom is -0.493 e. The molecule has 1 saturated heterocycles. The number of hydrogen-bond donors (Lipinski definition) is 1. The van der Waals surface area contributed by atoms with Crippen LogP contribution in [0, 0.1) is 18.8 Å². The van der Waals surface area contributed by atoms with Crippen molar-refractivity contribution >= 4 is 10.1 Å². The predicted molar refractivity (Wildman–Crippen MR) is 139 cm³/mol. The Labute approximate surface area is 223 Å². The summed E-state index contributed by atoms with van der Waals surface area (Å²) < 4.78 is 90.7. The van der Waals surface area contributed by atoms with E-state index in [1.54, 1.807) is 19.1 Å². The molecule has 198 valence electrons. The van der Waals surface area contributed by atoms with E-state index < -0.39 is 40.6 Å². The van der Waals surface area contributed by atoms with Crippen LogP contribution in [0.1, 0.15) is 64.0 Å². The summed E-state index contributed by atoms with van der Waals surface area (Å²) >= 11 is 0. The summed E-state index contributed by atoms with van der Waals surface area (Å²) in [7, 11) is -3.44. The quantitative estimate of drug-likeness (QED) is 0.459. The topological polar surface area (TPSA) is 85.3 Å². The van der Waals surface area contributed by atoms with Crippen LogP contribution in [-0.2, 0) is 20.7 Å². The monoisotopic (exact) mass is 523 g/mol. The summed E-state index contributed by atoms with van der Waals surface area (Å²) in [6.45, 7) is 0.420. The third kappa shape index (κ3) is 6.22. The highest BCUT2D eigenvalue weighted by molar-refractivity contribution is 7.86. The molecule has 0 aromatic heterocycles. The number of nitrogens with zero attached hydrogens (tertiary/aromatic N) is 1. The van der Waals surface area contributed by atoms with Gasteiger partial charge in [-0.1, -0.05) is 31.5 Å². The number of aryl methyl sites for hydroxylation is 1. The van der Waals surface area contributed by atoms with Gasteiger partial charge in [0.1, 0.15) is 0 Å². The molecule has 3 atom stereocenters. The lowest BCUT2D eigenvalue weighted by Crippen LogP contribution is -2.48. The summed E-state index contributed by atoms with van der Waals surface area (Å²) in [5.41, 5.74) is 2.47. The Balaban J connectivity index is 1.59. The first-order valence-electron chi connectivity index (χ1n) is 15.2. The van der Waals surface area contributed by atoms with Gasteiger partial charge in [-0.05, 0) is 73.4 Å². The van der Waals surface area contributed by atoms with Gasteiger partial charge in [-0.25, -0.2) is 0 Å². The van der Waals surface area contributed by atoms with E-state index in [4.69, 9.17) is 17.7 Å². The molecule has 1 fully saturated rings. The average molecular weight is 524 g/mol. The van der Waals surface area contributed by atoms with Gasteiger partial charge in [0.25, 0.3) is 10.1 Å². The molecular formula is C28H39NO6S. The summed E-state index contributed by atoms with van der Waals surface area (Å²) in [6.07, 6.45) is -2.01. The molecule has 1 N–H and O–H groups in total. The van der Waals surface area contributed by atoms with Gasteiger partial charge in [0.05, 0.1) is 36.7 Å². The Morgan fingerprint density at radius 3 is 2.61 bits per heavy atom. The van der Waals surface area contributed by atoms with Gasteiger partial charge in [0.15, 0.2) is 11.5 Å². The summed E-state index contributed by atoms with van der Waals surface area (Å²) in [5.74, 6) is 0.579. The van der Waals surface area contributed by atoms with Crippen molar-refractivity contribution in [1.82, 2.24) is 4.90 Å². The largest absolute Gasteiger partial charge is 0.493 e. The molecule has 7 nitrogen and oxygen atoms in total. The van der Waals surface area contributed by atoms with E-state index in [-0.39, 0.29) is 23.5 Å². The third-order valence-corrected chi connectivity index (χ3v) is 8.02. The molecule has 0 spiro atoms. The predicted octanol–water partition coefficient (Wildman–Crippen LogP) is 4.50. The van der Waals surface area contributed by atoms with Crippen molar-refractivity contribution in [2.45, 2.75) is 63.4 Å². The molecular weight excluding hydrogens is 478 g/mol. The van der Waals surface area contributed by atoms with Crippen LogP contribution in [0.25, 0.3) is 0 Å². The zero-order chi connectivity index (χ0) is 31.3. The molecule has 0 aliphatic carbocycles. The Bertz CT molecular complexity index is 1390. The van der Waals surface area contributed by atoms with Crippen LogP contribution in [0.2, 0.25) is 0 Å². The van der Waals surface area contributed by atoms with Crippen molar-refractivity contribution in [3.8, 4) is 11.5 Å². The van der Waals surface area contributed by atoms with Crippen LogP contribution in [0.5, 0.6) is 11.5 Å². The standard InChI is InChI=1S/C28H39NO6S/c1-19(2)14-22-18-29-11-10-21-15-28(27(33-4)16-24(21)25(29)17-26(22)30)34-12-5-13-35-36(31,32)23-8-6-20(3)7-9-23/h6-9,15-16,19,22,25-26,30H,5,10-14,17-18H2,1-4H3/t22-,25-,26-/m1/s1/i5D2,12D2,13D2. The Morgan fingerprint density at radius 2 is 1.92 bits per heavy atom. The van der Waals surface area contributed by atoms with E-state index in [1.807, 2.05) is 0 Å². The second-order valence-electron chi connectivity index (χ2n) is 9.94. The second kappa shape index (κ2) is 11.5. The van der Waals surface area contributed by atoms with Gasteiger partial charge in [0.2, 0.25) is 0 Å². The maximum absolute atomic E-state index is 12.7. The number of rotatable bonds is 10. The molecule has 2 heterocycles. The van der Waals surface area contributed by atoms with E-state index in [2.05, 4.69) is 22.9 Å². The Morgan fingerprint density at radius 1 is 1.17 bits per heavy atom. The lowest BCUT2D eigenvalue weighted by Gasteiger charge is -2.46. The number of ether oxygens (including phenoxy) is 2. The van der Waals surface area contributed by atoms with Crippen molar-refractivity contribution in [2.75, 3.05) is 33.3 Å². The minimum absolute atomic E-state index is 0.0761. The maximum atomic E-state index is 12.7. The Kier molecular flexibility index (Phi) is 6.36. The smallest absolute Gasteiger partial charge is 0.296 e. The molecule has 2 aromatic carbocycles. The number of hydrogen-bond acceptors (Lipinski definition) is 7. The lowest BCUT2D eigenvalue weighted by molar-refractivity contribution is -0.0191. The molecule has 2 aliphatic rings. The SMILES string of the molecule is [2H]C([2H])(Oc1cc2c(cc1OC)[C@H]1C[C@@H](O)[C@H](CC(C)C)CN1CC2)C([2H])([2H])C([2H])([2H])OS(=O)(=O)c1ccc(C)cc1. The molecule has 36 heavy (non-hydrogen) atoms. The number of aliphatic hydroxyl groups excluding tert-OH is 1. The van der Waals surface area contributed by atoms with Crippen LogP contribution < -0.4 is 9.47 Å². The number of piperidine rings is 1. The number of fused-ring (bicyclic) bond motifs is 3. The zero-order valence-electron chi connectivity index (χ0n) is 27.2. The zero-order valence-corrected chi connectivity index (χ0v) is 22.0. The van der Waals surface area contributed by atoms with Crippen LogP contribution in [-0.4, -0.2) is 57.8 Å². The average Bonchev–Trinajstić information content (AvgIpc) is 2.87. The lowest BCUT2D eigenvalue weighted by atomic mass is 9.79. The van der Waals surface area contributed by atoms with E-state index in [0.29, 0.717) is 25.3 Å². The van der Waals surface area contributed by atoms with Gasteiger partial charge in [-0.3, -0.25) is 9.08 Å². The molecule has 0 bridgehead atoms. The Hall–Kier alpha value is -2.13.